The standard InChI is InChI=1S/C14H19N3O2/c1-11-3-2-4-13(17(18)19)14(11)16-10-7-12-5-8-15-9-6-12/h2-5,15-16H,6-10H2,1H3. The van der Waals surface area contributed by atoms with Crippen molar-refractivity contribution in [2.75, 3.05) is 25.0 Å². The molecule has 2 rings (SSSR count). The third-order valence-electron chi connectivity index (χ3n) is 3.35. The van der Waals surface area contributed by atoms with Gasteiger partial charge >= 0.3 is 0 Å². The van der Waals surface area contributed by atoms with E-state index in [0.717, 1.165) is 38.0 Å². The van der Waals surface area contributed by atoms with Gasteiger partial charge in [0.15, 0.2) is 0 Å². The second-order valence-electron chi connectivity index (χ2n) is 4.72. The van der Waals surface area contributed by atoms with Crippen molar-refractivity contribution in [2.45, 2.75) is 19.8 Å². The van der Waals surface area contributed by atoms with E-state index < -0.39 is 0 Å². The van der Waals surface area contributed by atoms with Crippen LogP contribution in [0.5, 0.6) is 0 Å². The number of anilines is 1. The van der Waals surface area contributed by atoms with Gasteiger partial charge in [-0.05, 0) is 31.9 Å². The Morgan fingerprint density at radius 1 is 1.47 bits per heavy atom. The lowest BCUT2D eigenvalue weighted by Gasteiger charge is -2.15. The Hall–Kier alpha value is -1.88. The minimum absolute atomic E-state index is 0.152. The highest BCUT2D eigenvalue weighted by atomic mass is 16.6. The Morgan fingerprint density at radius 2 is 2.32 bits per heavy atom. The third-order valence-corrected chi connectivity index (χ3v) is 3.35. The van der Waals surface area contributed by atoms with E-state index in [4.69, 9.17) is 0 Å². The molecule has 102 valence electrons. The van der Waals surface area contributed by atoms with Crippen LogP contribution < -0.4 is 10.6 Å². The number of nitrogens with one attached hydrogen (secondary N) is 2. The minimum Gasteiger partial charge on any atom is -0.379 e. The van der Waals surface area contributed by atoms with E-state index in [1.54, 1.807) is 12.1 Å². The van der Waals surface area contributed by atoms with Gasteiger partial charge in [0.1, 0.15) is 5.69 Å². The normalized spacial score (nSPS) is 14.9. The zero-order valence-electron chi connectivity index (χ0n) is 11.1. The third kappa shape index (κ3) is 3.54. The van der Waals surface area contributed by atoms with E-state index >= 15 is 0 Å². The highest BCUT2D eigenvalue weighted by Crippen LogP contribution is 2.27. The van der Waals surface area contributed by atoms with Gasteiger partial charge in [0.2, 0.25) is 0 Å². The van der Waals surface area contributed by atoms with Crippen molar-refractivity contribution < 1.29 is 4.92 Å². The van der Waals surface area contributed by atoms with Crippen molar-refractivity contribution >= 4 is 11.4 Å². The molecular formula is C14H19N3O2. The Bertz CT molecular complexity index is 497. The smallest absolute Gasteiger partial charge is 0.292 e. The first-order valence-electron chi connectivity index (χ1n) is 6.55. The highest BCUT2D eigenvalue weighted by molar-refractivity contribution is 5.65. The van der Waals surface area contributed by atoms with Gasteiger partial charge in [0.25, 0.3) is 5.69 Å². The van der Waals surface area contributed by atoms with Gasteiger partial charge < -0.3 is 10.6 Å². The molecule has 0 aliphatic carbocycles. The fourth-order valence-electron chi connectivity index (χ4n) is 2.28. The largest absolute Gasteiger partial charge is 0.379 e. The van der Waals surface area contributed by atoms with Gasteiger partial charge in [-0.25, -0.2) is 0 Å². The summed E-state index contributed by atoms with van der Waals surface area (Å²) in [6.07, 6.45) is 4.21. The minimum atomic E-state index is -0.334. The molecule has 0 radical (unpaired) electrons. The maximum Gasteiger partial charge on any atom is 0.292 e. The van der Waals surface area contributed by atoms with Crippen LogP contribution in [-0.4, -0.2) is 24.6 Å². The Balaban J connectivity index is 1.99. The van der Waals surface area contributed by atoms with Gasteiger partial charge in [-0.1, -0.05) is 23.8 Å². The molecule has 0 fully saturated rings. The molecule has 0 amide bonds. The molecule has 5 heteroatoms. The first-order chi connectivity index (χ1) is 9.18. The molecule has 1 aliphatic rings. The Labute approximate surface area is 112 Å². The molecule has 0 spiro atoms. The summed E-state index contributed by atoms with van der Waals surface area (Å²) in [5.41, 5.74) is 3.12. The van der Waals surface area contributed by atoms with Crippen LogP contribution in [0.3, 0.4) is 0 Å². The summed E-state index contributed by atoms with van der Waals surface area (Å²) in [7, 11) is 0. The average Bonchev–Trinajstić information content (AvgIpc) is 2.41. The topological polar surface area (TPSA) is 67.2 Å². The number of benzene rings is 1. The molecule has 1 aromatic carbocycles. The van der Waals surface area contributed by atoms with Gasteiger partial charge in [0, 0.05) is 19.2 Å². The summed E-state index contributed by atoms with van der Waals surface area (Å²) in [5, 5.41) is 17.5. The summed E-state index contributed by atoms with van der Waals surface area (Å²) in [6.45, 7) is 4.58. The van der Waals surface area contributed by atoms with Crippen LogP contribution in [-0.2, 0) is 0 Å². The predicted molar refractivity (Wildman–Crippen MR) is 76.5 cm³/mol. The number of hydrogen-bond donors (Lipinski definition) is 2. The number of hydrogen-bond acceptors (Lipinski definition) is 4. The molecule has 2 N–H and O–H groups in total. The molecule has 1 heterocycles. The molecule has 0 unspecified atom stereocenters. The maximum atomic E-state index is 11.0. The van der Waals surface area contributed by atoms with Crippen LogP contribution in [0.25, 0.3) is 0 Å². The molecule has 1 aromatic rings. The Kier molecular flexibility index (Phi) is 4.52. The van der Waals surface area contributed by atoms with Crippen LogP contribution in [0.4, 0.5) is 11.4 Å². The number of nitro benzene ring substituents is 1. The van der Waals surface area contributed by atoms with Crippen molar-refractivity contribution in [3.63, 3.8) is 0 Å². The molecule has 0 saturated carbocycles. The summed E-state index contributed by atoms with van der Waals surface area (Å²) < 4.78 is 0. The fraction of sp³-hybridized carbons (Fsp3) is 0.429. The predicted octanol–water partition coefficient (Wildman–Crippen LogP) is 2.62. The van der Waals surface area contributed by atoms with E-state index in [1.165, 1.54) is 5.57 Å². The van der Waals surface area contributed by atoms with E-state index in [-0.39, 0.29) is 10.6 Å². The molecular weight excluding hydrogens is 242 g/mol. The number of rotatable bonds is 5. The first kappa shape index (κ1) is 13.5. The lowest BCUT2D eigenvalue weighted by atomic mass is 10.1. The lowest BCUT2D eigenvalue weighted by Crippen LogP contribution is -2.21. The fourth-order valence-corrected chi connectivity index (χ4v) is 2.28. The van der Waals surface area contributed by atoms with E-state index in [9.17, 15) is 10.1 Å². The van der Waals surface area contributed by atoms with Gasteiger partial charge in [-0.2, -0.15) is 0 Å². The zero-order chi connectivity index (χ0) is 13.7. The van der Waals surface area contributed by atoms with Gasteiger partial charge in [-0.3, -0.25) is 10.1 Å². The highest BCUT2D eigenvalue weighted by Gasteiger charge is 2.14. The van der Waals surface area contributed by atoms with Crippen molar-refractivity contribution in [1.29, 1.82) is 0 Å². The molecule has 5 nitrogen and oxygen atoms in total. The molecule has 1 aliphatic heterocycles. The SMILES string of the molecule is Cc1cccc([N+](=O)[O-])c1NCCC1=CCNCC1. The van der Waals surface area contributed by atoms with Crippen molar-refractivity contribution in [2.24, 2.45) is 0 Å². The number of nitro groups is 1. The lowest BCUT2D eigenvalue weighted by molar-refractivity contribution is -0.384. The van der Waals surface area contributed by atoms with Gasteiger partial charge in [0.05, 0.1) is 4.92 Å². The van der Waals surface area contributed by atoms with Gasteiger partial charge in [-0.15, -0.1) is 0 Å². The number of para-hydroxylation sites is 1. The molecule has 0 aromatic heterocycles. The second-order valence-corrected chi connectivity index (χ2v) is 4.72. The average molecular weight is 261 g/mol. The van der Waals surface area contributed by atoms with Crippen LogP contribution in [0.2, 0.25) is 0 Å². The van der Waals surface area contributed by atoms with Crippen molar-refractivity contribution in [3.05, 3.63) is 45.5 Å². The molecule has 0 bridgehead atoms. The van der Waals surface area contributed by atoms with Crippen LogP contribution in [0.1, 0.15) is 18.4 Å². The number of aryl methyl sites for hydroxylation is 1. The van der Waals surface area contributed by atoms with Crippen LogP contribution in [0, 0.1) is 17.0 Å². The molecule has 0 atom stereocenters. The zero-order valence-corrected chi connectivity index (χ0v) is 11.1. The second kappa shape index (κ2) is 6.33. The summed E-state index contributed by atoms with van der Waals surface area (Å²) in [5.74, 6) is 0. The summed E-state index contributed by atoms with van der Waals surface area (Å²) >= 11 is 0. The summed E-state index contributed by atoms with van der Waals surface area (Å²) in [6, 6.07) is 5.15. The maximum absolute atomic E-state index is 11.0. The quantitative estimate of drug-likeness (QED) is 0.486. The van der Waals surface area contributed by atoms with Crippen LogP contribution >= 0.6 is 0 Å². The Morgan fingerprint density at radius 3 is 3.00 bits per heavy atom. The van der Waals surface area contributed by atoms with E-state index in [0.29, 0.717) is 5.69 Å². The molecule has 19 heavy (non-hydrogen) atoms. The first-order valence-corrected chi connectivity index (χ1v) is 6.55. The monoisotopic (exact) mass is 261 g/mol. The van der Waals surface area contributed by atoms with Crippen molar-refractivity contribution in [1.82, 2.24) is 5.32 Å². The number of nitrogens with zero attached hydrogens (tertiary/aromatic N) is 1. The van der Waals surface area contributed by atoms with E-state index in [1.807, 2.05) is 13.0 Å². The van der Waals surface area contributed by atoms with E-state index in [2.05, 4.69) is 16.7 Å². The van der Waals surface area contributed by atoms with Crippen molar-refractivity contribution in [3.8, 4) is 0 Å². The summed E-state index contributed by atoms with van der Waals surface area (Å²) in [4.78, 5) is 10.7. The van der Waals surface area contributed by atoms with Crippen LogP contribution in [0.15, 0.2) is 29.8 Å². The molecule has 0 saturated heterocycles.